The normalized spacial score (nSPS) is 14.4. The smallest absolute Gasteiger partial charge is 0.247 e. The molecule has 1 aliphatic heterocycles. The van der Waals surface area contributed by atoms with Crippen molar-refractivity contribution >= 4 is 11.6 Å². The van der Waals surface area contributed by atoms with Gasteiger partial charge in [-0.15, -0.1) is 10.2 Å². The molecule has 0 saturated carbocycles. The summed E-state index contributed by atoms with van der Waals surface area (Å²) >= 11 is 0. The summed E-state index contributed by atoms with van der Waals surface area (Å²) in [6.07, 6.45) is 0.143. The summed E-state index contributed by atoms with van der Waals surface area (Å²) in [5, 5.41) is 8.08. The van der Waals surface area contributed by atoms with Gasteiger partial charge >= 0.3 is 0 Å². The molecular weight excluding hydrogens is 340 g/mol. The number of hydrogen-bond donors (Lipinski definition) is 0. The van der Waals surface area contributed by atoms with Crippen molar-refractivity contribution in [1.82, 2.24) is 15.1 Å². The average Bonchev–Trinajstić information content (AvgIpc) is 3.18. The Morgan fingerprint density at radius 1 is 0.963 bits per heavy atom. The maximum Gasteiger partial charge on any atom is 0.247 e. The van der Waals surface area contributed by atoms with Gasteiger partial charge < -0.3 is 14.2 Å². The van der Waals surface area contributed by atoms with Gasteiger partial charge in [0, 0.05) is 37.4 Å². The molecule has 0 radical (unpaired) electrons. The minimum absolute atomic E-state index is 0.0303. The lowest BCUT2D eigenvalue weighted by atomic mass is 10.1. The monoisotopic (exact) mass is 362 g/mol. The van der Waals surface area contributed by atoms with Crippen LogP contribution in [0.1, 0.15) is 11.5 Å². The first-order chi connectivity index (χ1) is 13.2. The van der Waals surface area contributed by atoms with E-state index in [1.54, 1.807) is 0 Å². The number of carbonyl (C=O) groups is 1. The zero-order valence-electron chi connectivity index (χ0n) is 15.3. The Labute approximate surface area is 158 Å². The van der Waals surface area contributed by atoms with Crippen LogP contribution < -0.4 is 4.90 Å². The Kier molecular flexibility index (Phi) is 4.87. The highest BCUT2D eigenvalue weighted by atomic mass is 16.4. The first-order valence-corrected chi connectivity index (χ1v) is 9.17. The number of anilines is 1. The summed E-state index contributed by atoms with van der Waals surface area (Å²) in [5.74, 6) is 0.839. The molecule has 2 heterocycles. The first-order valence-electron chi connectivity index (χ1n) is 9.17. The highest BCUT2D eigenvalue weighted by molar-refractivity contribution is 5.78. The highest BCUT2D eigenvalue weighted by Gasteiger charge is 2.23. The molecule has 0 spiro atoms. The fraction of sp³-hybridized carbons (Fsp3) is 0.286. The predicted molar refractivity (Wildman–Crippen MR) is 103 cm³/mol. The number of piperazine rings is 1. The Bertz CT molecular complexity index is 915. The lowest BCUT2D eigenvalue weighted by Gasteiger charge is -2.36. The van der Waals surface area contributed by atoms with E-state index in [-0.39, 0.29) is 12.3 Å². The number of benzene rings is 2. The molecule has 0 N–H and O–H groups in total. The molecule has 1 fully saturated rings. The summed E-state index contributed by atoms with van der Waals surface area (Å²) in [7, 11) is 0. The van der Waals surface area contributed by atoms with Crippen LogP contribution in [-0.2, 0) is 11.2 Å². The Morgan fingerprint density at radius 3 is 2.41 bits per heavy atom. The lowest BCUT2D eigenvalue weighted by molar-refractivity contribution is -0.131. The van der Waals surface area contributed by atoms with Crippen molar-refractivity contribution < 1.29 is 9.21 Å². The molecule has 0 unspecified atom stereocenters. The zero-order valence-corrected chi connectivity index (χ0v) is 15.3. The second-order valence-corrected chi connectivity index (χ2v) is 6.70. The molecule has 1 aliphatic rings. The largest absolute Gasteiger partial charge is 0.420 e. The third-order valence-electron chi connectivity index (χ3n) is 4.88. The number of aromatic nitrogens is 2. The van der Waals surface area contributed by atoms with Crippen LogP contribution in [0.25, 0.3) is 11.5 Å². The zero-order chi connectivity index (χ0) is 18.6. The van der Waals surface area contributed by atoms with E-state index in [4.69, 9.17) is 4.42 Å². The van der Waals surface area contributed by atoms with Crippen LogP contribution >= 0.6 is 0 Å². The van der Waals surface area contributed by atoms with Crippen molar-refractivity contribution in [1.29, 1.82) is 0 Å². The van der Waals surface area contributed by atoms with Crippen LogP contribution in [-0.4, -0.2) is 47.2 Å². The van der Waals surface area contributed by atoms with E-state index in [0.29, 0.717) is 24.9 Å². The highest BCUT2D eigenvalue weighted by Crippen LogP contribution is 2.21. The van der Waals surface area contributed by atoms with Gasteiger partial charge in [-0.05, 0) is 30.7 Å². The molecule has 1 saturated heterocycles. The van der Waals surface area contributed by atoms with Gasteiger partial charge in [-0.25, -0.2) is 0 Å². The second-order valence-electron chi connectivity index (χ2n) is 6.70. The van der Waals surface area contributed by atoms with E-state index < -0.39 is 0 Å². The lowest BCUT2D eigenvalue weighted by Crippen LogP contribution is -2.49. The van der Waals surface area contributed by atoms with Gasteiger partial charge in [0.05, 0.1) is 0 Å². The fourth-order valence-electron chi connectivity index (χ4n) is 3.38. The molecular formula is C21H22N4O2. The topological polar surface area (TPSA) is 62.5 Å². The minimum atomic E-state index is 0.0303. The van der Waals surface area contributed by atoms with E-state index in [2.05, 4.69) is 40.2 Å². The maximum atomic E-state index is 12.6. The van der Waals surface area contributed by atoms with Gasteiger partial charge in [0.2, 0.25) is 17.7 Å². The van der Waals surface area contributed by atoms with Gasteiger partial charge in [0.15, 0.2) is 0 Å². The standard InChI is InChI=1S/C21H22N4O2/c1-16-7-5-6-10-18(16)24-11-13-25(14-12-24)20(26)15-19-22-23-21(27-19)17-8-3-2-4-9-17/h2-10H,11-15H2,1H3. The van der Waals surface area contributed by atoms with E-state index in [1.807, 2.05) is 41.3 Å². The van der Waals surface area contributed by atoms with Crippen molar-refractivity contribution in [2.24, 2.45) is 0 Å². The van der Waals surface area contributed by atoms with E-state index in [1.165, 1.54) is 11.3 Å². The molecule has 0 aliphatic carbocycles. The van der Waals surface area contributed by atoms with E-state index in [0.717, 1.165) is 18.7 Å². The maximum absolute atomic E-state index is 12.6. The van der Waals surface area contributed by atoms with Gasteiger partial charge in [-0.3, -0.25) is 4.79 Å². The third-order valence-corrected chi connectivity index (χ3v) is 4.88. The van der Waals surface area contributed by atoms with Crippen LogP contribution in [0.5, 0.6) is 0 Å². The van der Waals surface area contributed by atoms with Crippen LogP contribution in [0.4, 0.5) is 5.69 Å². The van der Waals surface area contributed by atoms with Crippen LogP contribution in [0.3, 0.4) is 0 Å². The van der Waals surface area contributed by atoms with Crippen molar-refractivity contribution in [3.8, 4) is 11.5 Å². The number of para-hydroxylation sites is 1. The van der Waals surface area contributed by atoms with Gasteiger partial charge in [-0.1, -0.05) is 36.4 Å². The fourth-order valence-corrected chi connectivity index (χ4v) is 3.38. The molecule has 0 bridgehead atoms. The summed E-state index contributed by atoms with van der Waals surface area (Å²) < 4.78 is 5.66. The average molecular weight is 362 g/mol. The molecule has 1 amide bonds. The molecule has 1 aromatic heterocycles. The number of nitrogens with zero attached hydrogens (tertiary/aromatic N) is 4. The molecule has 2 aromatic carbocycles. The molecule has 6 heteroatoms. The van der Waals surface area contributed by atoms with Gasteiger partial charge in [0.25, 0.3) is 0 Å². The quantitative estimate of drug-likeness (QED) is 0.714. The van der Waals surface area contributed by atoms with Crippen molar-refractivity contribution in [2.75, 3.05) is 31.1 Å². The molecule has 138 valence electrons. The minimum Gasteiger partial charge on any atom is -0.420 e. The van der Waals surface area contributed by atoms with Crippen molar-refractivity contribution in [3.05, 3.63) is 66.1 Å². The number of hydrogen-bond acceptors (Lipinski definition) is 5. The van der Waals surface area contributed by atoms with E-state index >= 15 is 0 Å². The first kappa shape index (κ1) is 17.3. The summed E-state index contributed by atoms with van der Waals surface area (Å²) in [4.78, 5) is 16.8. The SMILES string of the molecule is Cc1ccccc1N1CCN(C(=O)Cc2nnc(-c3ccccc3)o2)CC1. The third kappa shape index (κ3) is 3.84. The predicted octanol–water partition coefficient (Wildman–Crippen LogP) is 2.94. The van der Waals surface area contributed by atoms with Crippen LogP contribution in [0.15, 0.2) is 59.0 Å². The number of carbonyl (C=O) groups excluding carboxylic acids is 1. The summed E-state index contributed by atoms with van der Waals surface area (Å²) in [6, 6.07) is 17.9. The Morgan fingerprint density at radius 2 is 1.67 bits per heavy atom. The molecule has 4 rings (SSSR count). The molecule has 3 aromatic rings. The number of rotatable bonds is 4. The van der Waals surface area contributed by atoms with Crippen molar-refractivity contribution in [3.63, 3.8) is 0 Å². The van der Waals surface area contributed by atoms with Gasteiger partial charge in [0.1, 0.15) is 6.42 Å². The number of aryl methyl sites for hydroxylation is 1. The van der Waals surface area contributed by atoms with Crippen molar-refractivity contribution in [2.45, 2.75) is 13.3 Å². The van der Waals surface area contributed by atoms with Gasteiger partial charge in [-0.2, -0.15) is 0 Å². The summed E-state index contributed by atoms with van der Waals surface area (Å²) in [6.45, 7) is 5.18. The van der Waals surface area contributed by atoms with Crippen LogP contribution in [0, 0.1) is 6.92 Å². The Hall–Kier alpha value is -3.15. The Balaban J connectivity index is 1.35. The van der Waals surface area contributed by atoms with E-state index in [9.17, 15) is 4.79 Å². The second kappa shape index (κ2) is 7.61. The summed E-state index contributed by atoms with van der Waals surface area (Å²) in [5.41, 5.74) is 3.36. The number of amides is 1. The molecule has 6 nitrogen and oxygen atoms in total. The molecule has 27 heavy (non-hydrogen) atoms. The van der Waals surface area contributed by atoms with Crippen LogP contribution in [0.2, 0.25) is 0 Å². The molecule has 0 atom stereocenters.